The van der Waals surface area contributed by atoms with Crippen LogP contribution in [-0.2, 0) is 6.42 Å². The molecule has 1 unspecified atom stereocenters. The van der Waals surface area contributed by atoms with Crippen molar-refractivity contribution in [2.75, 3.05) is 5.32 Å². The molecule has 0 saturated carbocycles. The molecule has 0 radical (unpaired) electrons. The number of nitrogens with one attached hydrogen (secondary N) is 1. The molecule has 0 fully saturated rings. The standard InChI is InChI=1S/C19H22ClN/c1-13-8-9-15(12-17(13)20)21-18-16-7-5-4-6-14(16)10-11-19(18,2)3/h4-9,12,18,21H,10-11H2,1-3H3. The lowest BCUT2D eigenvalue weighted by Gasteiger charge is -2.41. The maximum Gasteiger partial charge on any atom is 0.0567 e. The van der Waals surface area contributed by atoms with E-state index in [-0.39, 0.29) is 5.41 Å². The molecule has 1 nitrogen and oxygen atoms in total. The summed E-state index contributed by atoms with van der Waals surface area (Å²) in [6.45, 7) is 6.72. The summed E-state index contributed by atoms with van der Waals surface area (Å²) in [5.41, 5.74) is 5.33. The number of rotatable bonds is 2. The fourth-order valence-corrected chi connectivity index (χ4v) is 3.37. The summed E-state index contributed by atoms with van der Waals surface area (Å²) in [4.78, 5) is 0. The zero-order valence-corrected chi connectivity index (χ0v) is 13.7. The Bertz CT molecular complexity index is 660. The Morgan fingerprint density at radius 2 is 1.90 bits per heavy atom. The van der Waals surface area contributed by atoms with E-state index in [0.717, 1.165) is 22.7 Å². The molecule has 0 heterocycles. The first-order valence-corrected chi connectivity index (χ1v) is 7.96. The minimum absolute atomic E-state index is 0.228. The number of hydrogen-bond acceptors (Lipinski definition) is 1. The number of aryl methyl sites for hydroxylation is 2. The van der Waals surface area contributed by atoms with Crippen LogP contribution in [0.2, 0.25) is 5.02 Å². The second-order valence-electron chi connectivity index (χ2n) is 6.73. The zero-order chi connectivity index (χ0) is 15.0. The van der Waals surface area contributed by atoms with Gasteiger partial charge in [-0.05, 0) is 54.0 Å². The van der Waals surface area contributed by atoms with Crippen molar-refractivity contribution < 1.29 is 0 Å². The predicted molar refractivity (Wildman–Crippen MR) is 91.1 cm³/mol. The van der Waals surface area contributed by atoms with Gasteiger partial charge in [-0.2, -0.15) is 0 Å². The number of halogens is 1. The van der Waals surface area contributed by atoms with Crippen molar-refractivity contribution in [1.29, 1.82) is 0 Å². The summed E-state index contributed by atoms with van der Waals surface area (Å²) in [7, 11) is 0. The van der Waals surface area contributed by atoms with Gasteiger partial charge in [0.2, 0.25) is 0 Å². The first kappa shape index (κ1) is 14.5. The van der Waals surface area contributed by atoms with E-state index in [4.69, 9.17) is 11.6 Å². The van der Waals surface area contributed by atoms with Crippen LogP contribution in [0.5, 0.6) is 0 Å². The third-order valence-corrected chi connectivity index (χ3v) is 5.08. The first-order chi connectivity index (χ1) is 9.97. The third-order valence-electron chi connectivity index (χ3n) is 4.67. The maximum atomic E-state index is 6.26. The van der Waals surface area contributed by atoms with Crippen LogP contribution in [-0.4, -0.2) is 0 Å². The Morgan fingerprint density at radius 1 is 1.14 bits per heavy atom. The summed E-state index contributed by atoms with van der Waals surface area (Å²) >= 11 is 6.26. The summed E-state index contributed by atoms with van der Waals surface area (Å²) in [6, 6.07) is 15.3. The second kappa shape index (κ2) is 5.38. The fraction of sp³-hybridized carbons (Fsp3) is 0.368. The van der Waals surface area contributed by atoms with E-state index in [1.54, 1.807) is 0 Å². The molecule has 0 aliphatic heterocycles. The Balaban J connectivity index is 1.97. The molecule has 3 rings (SSSR count). The van der Waals surface area contributed by atoms with Crippen LogP contribution >= 0.6 is 11.6 Å². The highest BCUT2D eigenvalue weighted by Gasteiger charge is 2.35. The second-order valence-corrected chi connectivity index (χ2v) is 7.14. The molecule has 1 N–H and O–H groups in total. The molecule has 1 atom stereocenters. The fourth-order valence-electron chi connectivity index (χ4n) is 3.19. The van der Waals surface area contributed by atoms with E-state index in [9.17, 15) is 0 Å². The van der Waals surface area contributed by atoms with Crippen molar-refractivity contribution in [3.63, 3.8) is 0 Å². The van der Waals surface area contributed by atoms with Crippen LogP contribution in [0.25, 0.3) is 0 Å². The van der Waals surface area contributed by atoms with Crippen LogP contribution in [0.3, 0.4) is 0 Å². The van der Waals surface area contributed by atoms with Crippen LogP contribution in [0.15, 0.2) is 42.5 Å². The lowest BCUT2D eigenvalue weighted by Crippen LogP contribution is -2.33. The van der Waals surface area contributed by atoms with Gasteiger partial charge in [0.15, 0.2) is 0 Å². The highest BCUT2D eigenvalue weighted by atomic mass is 35.5. The molecule has 0 bridgehead atoms. The maximum absolute atomic E-state index is 6.26. The molecule has 0 spiro atoms. The lowest BCUT2D eigenvalue weighted by molar-refractivity contribution is 0.265. The van der Waals surface area contributed by atoms with Crippen LogP contribution in [0, 0.1) is 12.3 Å². The average molecular weight is 300 g/mol. The monoisotopic (exact) mass is 299 g/mol. The van der Waals surface area contributed by atoms with Gasteiger partial charge in [0.1, 0.15) is 0 Å². The van der Waals surface area contributed by atoms with Gasteiger partial charge in [0.05, 0.1) is 6.04 Å². The van der Waals surface area contributed by atoms with Gasteiger partial charge < -0.3 is 5.32 Å². The average Bonchev–Trinajstić information content (AvgIpc) is 2.46. The van der Waals surface area contributed by atoms with Gasteiger partial charge in [0, 0.05) is 10.7 Å². The smallest absolute Gasteiger partial charge is 0.0567 e. The molecule has 0 aromatic heterocycles. The van der Waals surface area contributed by atoms with Gasteiger partial charge >= 0.3 is 0 Å². The van der Waals surface area contributed by atoms with E-state index in [1.807, 2.05) is 13.0 Å². The summed E-state index contributed by atoms with van der Waals surface area (Å²) in [5.74, 6) is 0. The minimum Gasteiger partial charge on any atom is -0.378 e. The number of benzene rings is 2. The molecule has 0 amide bonds. The van der Waals surface area contributed by atoms with Crippen LogP contribution < -0.4 is 5.32 Å². The Hall–Kier alpha value is -1.47. The number of fused-ring (bicyclic) bond motifs is 1. The quantitative estimate of drug-likeness (QED) is 0.742. The van der Waals surface area contributed by atoms with E-state index < -0.39 is 0 Å². The highest BCUT2D eigenvalue weighted by Crippen LogP contribution is 2.45. The number of anilines is 1. The molecule has 1 aliphatic rings. The molecular weight excluding hydrogens is 278 g/mol. The van der Waals surface area contributed by atoms with Gasteiger partial charge in [-0.25, -0.2) is 0 Å². The predicted octanol–water partition coefficient (Wildman–Crippen LogP) is 5.77. The molecule has 21 heavy (non-hydrogen) atoms. The molecule has 0 saturated heterocycles. The van der Waals surface area contributed by atoms with Crippen molar-refractivity contribution in [2.45, 2.75) is 39.7 Å². The molecule has 2 aromatic carbocycles. The molecule has 2 aromatic rings. The van der Waals surface area contributed by atoms with Gasteiger partial charge in [-0.3, -0.25) is 0 Å². The van der Waals surface area contributed by atoms with Crippen molar-refractivity contribution >= 4 is 17.3 Å². The highest BCUT2D eigenvalue weighted by molar-refractivity contribution is 6.31. The van der Waals surface area contributed by atoms with E-state index >= 15 is 0 Å². The van der Waals surface area contributed by atoms with Crippen LogP contribution in [0.1, 0.15) is 43.0 Å². The Morgan fingerprint density at radius 3 is 2.67 bits per heavy atom. The van der Waals surface area contributed by atoms with Crippen molar-refractivity contribution in [1.82, 2.24) is 0 Å². The van der Waals surface area contributed by atoms with Gasteiger partial charge in [0.25, 0.3) is 0 Å². The van der Waals surface area contributed by atoms with Crippen LogP contribution in [0.4, 0.5) is 5.69 Å². The third kappa shape index (κ3) is 2.80. The van der Waals surface area contributed by atoms with Crippen molar-refractivity contribution in [3.05, 3.63) is 64.2 Å². The zero-order valence-electron chi connectivity index (χ0n) is 12.9. The van der Waals surface area contributed by atoms with Gasteiger partial charge in [-0.1, -0.05) is 55.8 Å². The summed E-state index contributed by atoms with van der Waals surface area (Å²) in [5, 5.41) is 4.53. The minimum atomic E-state index is 0.228. The summed E-state index contributed by atoms with van der Waals surface area (Å²) in [6.07, 6.45) is 2.36. The lowest BCUT2D eigenvalue weighted by atomic mass is 9.70. The first-order valence-electron chi connectivity index (χ1n) is 7.58. The Labute approximate surface area is 132 Å². The van der Waals surface area contributed by atoms with E-state index in [0.29, 0.717) is 6.04 Å². The molecule has 1 aliphatic carbocycles. The molecule has 110 valence electrons. The summed E-state index contributed by atoms with van der Waals surface area (Å²) < 4.78 is 0. The largest absolute Gasteiger partial charge is 0.378 e. The number of hydrogen-bond donors (Lipinski definition) is 1. The topological polar surface area (TPSA) is 12.0 Å². The Kier molecular flexibility index (Phi) is 3.71. The normalized spacial score (nSPS) is 19.9. The van der Waals surface area contributed by atoms with Gasteiger partial charge in [-0.15, -0.1) is 0 Å². The van der Waals surface area contributed by atoms with E-state index in [1.165, 1.54) is 17.5 Å². The molecular formula is C19H22ClN. The van der Waals surface area contributed by atoms with Crippen molar-refractivity contribution in [2.24, 2.45) is 5.41 Å². The van der Waals surface area contributed by atoms with E-state index in [2.05, 4.69) is 55.6 Å². The molecule has 2 heteroatoms. The van der Waals surface area contributed by atoms with Crippen molar-refractivity contribution in [3.8, 4) is 0 Å². The SMILES string of the molecule is Cc1ccc(NC2c3ccccc3CCC2(C)C)cc1Cl.